The van der Waals surface area contributed by atoms with E-state index in [1.54, 1.807) is 6.21 Å². The van der Waals surface area contributed by atoms with Crippen LogP contribution in [0.3, 0.4) is 0 Å². The molecule has 0 aromatic heterocycles. The lowest BCUT2D eigenvalue weighted by Crippen LogP contribution is -2.33. The Balaban J connectivity index is 2.27. The number of carbonyl (C=O) groups excluding carboxylic acids is 1. The SMILES string of the molecule is CCC(CC)CN1CC(=O)N=Cc2ccccc21. The van der Waals surface area contributed by atoms with E-state index < -0.39 is 0 Å². The first-order chi connectivity index (χ1) is 8.74. The van der Waals surface area contributed by atoms with Gasteiger partial charge in [0.2, 0.25) is 0 Å². The Morgan fingerprint density at radius 2 is 2.00 bits per heavy atom. The van der Waals surface area contributed by atoms with Crippen molar-refractivity contribution in [3.63, 3.8) is 0 Å². The predicted octanol–water partition coefficient (Wildman–Crippen LogP) is 2.89. The average Bonchev–Trinajstić information content (AvgIpc) is 2.56. The van der Waals surface area contributed by atoms with E-state index in [0.717, 1.165) is 30.6 Å². The van der Waals surface area contributed by atoms with Crippen LogP contribution in [0.2, 0.25) is 0 Å². The highest BCUT2D eigenvalue weighted by atomic mass is 16.1. The van der Waals surface area contributed by atoms with Crippen molar-refractivity contribution in [2.45, 2.75) is 26.7 Å². The molecule has 0 atom stereocenters. The summed E-state index contributed by atoms with van der Waals surface area (Å²) in [6.07, 6.45) is 3.97. The van der Waals surface area contributed by atoms with E-state index in [0.29, 0.717) is 12.5 Å². The molecule has 0 N–H and O–H groups in total. The average molecular weight is 244 g/mol. The lowest BCUT2D eigenvalue weighted by Gasteiger charge is -2.27. The highest BCUT2D eigenvalue weighted by Gasteiger charge is 2.19. The summed E-state index contributed by atoms with van der Waals surface area (Å²) in [4.78, 5) is 17.8. The van der Waals surface area contributed by atoms with Gasteiger partial charge in [-0.2, -0.15) is 0 Å². The zero-order chi connectivity index (χ0) is 13.0. The van der Waals surface area contributed by atoms with Crippen LogP contribution in [0.4, 0.5) is 5.69 Å². The van der Waals surface area contributed by atoms with Gasteiger partial charge in [-0.15, -0.1) is 0 Å². The first-order valence-corrected chi connectivity index (χ1v) is 6.65. The third kappa shape index (κ3) is 2.78. The van der Waals surface area contributed by atoms with Gasteiger partial charge in [0.05, 0.1) is 6.54 Å². The summed E-state index contributed by atoms with van der Waals surface area (Å²) in [5.74, 6) is 0.570. The molecule has 1 aliphatic rings. The van der Waals surface area contributed by atoms with Crippen molar-refractivity contribution in [2.24, 2.45) is 10.9 Å². The van der Waals surface area contributed by atoms with Crippen LogP contribution in [-0.4, -0.2) is 25.2 Å². The zero-order valence-corrected chi connectivity index (χ0v) is 11.1. The summed E-state index contributed by atoms with van der Waals surface area (Å²) in [6, 6.07) is 8.08. The van der Waals surface area contributed by atoms with Crippen molar-refractivity contribution >= 4 is 17.8 Å². The Labute approximate surface area is 109 Å². The minimum Gasteiger partial charge on any atom is -0.361 e. The highest BCUT2D eigenvalue weighted by molar-refractivity contribution is 6.00. The summed E-state index contributed by atoms with van der Waals surface area (Å²) in [6.45, 7) is 5.73. The van der Waals surface area contributed by atoms with Crippen LogP contribution in [0.25, 0.3) is 0 Å². The van der Waals surface area contributed by atoms with E-state index in [1.165, 1.54) is 0 Å². The molecule has 0 unspecified atom stereocenters. The topological polar surface area (TPSA) is 32.7 Å². The first kappa shape index (κ1) is 12.8. The van der Waals surface area contributed by atoms with E-state index in [4.69, 9.17) is 0 Å². The molecule has 1 aromatic carbocycles. The normalized spacial score (nSPS) is 14.8. The summed E-state index contributed by atoms with van der Waals surface area (Å²) >= 11 is 0. The fraction of sp³-hybridized carbons (Fsp3) is 0.467. The molecule has 0 saturated heterocycles. The van der Waals surface area contributed by atoms with Gasteiger partial charge in [-0.3, -0.25) is 4.79 Å². The fourth-order valence-electron chi connectivity index (χ4n) is 2.34. The van der Waals surface area contributed by atoms with Gasteiger partial charge in [-0.25, -0.2) is 4.99 Å². The number of carbonyl (C=O) groups is 1. The monoisotopic (exact) mass is 244 g/mol. The molecular formula is C15H20N2O. The smallest absolute Gasteiger partial charge is 0.265 e. The lowest BCUT2D eigenvalue weighted by molar-refractivity contribution is -0.116. The molecule has 18 heavy (non-hydrogen) atoms. The molecule has 2 rings (SSSR count). The standard InChI is InChI=1S/C15H20N2O/c1-3-12(4-2)10-17-11-15(18)16-9-13-7-5-6-8-14(13)17/h5-9,12H,3-4,10-11H2,1-2H3. The van der Waals surface area contributed by atoms with Crippen LogP contribution in [0.15, 0.2) is 29.3 Å². The molecule has 0 spiro atoms. The van der Waals surface area contributed by atoms with Gasteiger partial charge in [-0.1, -0.05) is 44.9 Å². The molecule has 0 bridgehead atoms. The molecule has 3 nitrogen and oxygen atoms in total. The summed E-state index contributed by atoms with van der Waals surface area (Å²) in [5, 5.41) is 0. The van der Waals surface area contributed by atoms with Crippen LogP contribution in [0, 0.1) is 5.92 Å². The number of benzene rings is 1. The van der Waals surface area contributed by atoms with Crippen molar-refractivity contribution in [3.05, 3.63) is 29.8 Å². The Hall–Kier alpha value is -1.64. The molecule has 1 aromatic rings. The van der Waals surface area contributed by atoms with Crippen molar-refractivity contribution < 1.29 is 4.79 Å². The molecule has 1 heterocycles. The first-order valence-electron chi connectivity index (χ1n) is 6.65. The number of benzodiazepines with no additional fused rings is 1. The van der Waals surface area contributed by atoms with E-state index >= 15 is 0 Å². The number of rotatable bonds is 4. The van der Waals surface area contributed by atoms with Gasteiger partial charge in [0, 0.05) is 24.0 Å². The lowest BCUT2D eigenvalue weighted by atomic mass is 10.0. The Morgan fingerprint density at radius 1 is 1.28 bits per heavy atom. The molecule has 0 aliphatic carbocycles. The van der Waals surface area contributed by atoms with Crippen LogP contribution in [-0.2, 0) is 4.79 Å². The van der Waals surface area contributed by atoms with Gasteiger partial charge in [0.25, 0.3) is 5.91 Å². The Bertz CT molecular complexity index is 450. The van der Waals surface area contributed by atoms with Gasteiger partial charge >= 0.3 is 0 Å². The summed E-state index contributed by atoms with van der Waals surface area (Å²) in [7, 11) is 0. The van der Waals surface area contributed by atoms with E-state index in [9.17, 15) is 4.79 Å². The number of fused-ring (bicyclic) bond motifs is 1. The van der Waals surface area contributed by atoms with E-state index in [2.05, 4.69) is 29.8 Å². The van der Waals surface area contributed by atoms with Gasteiger partial charge in [0.1, 0.15) is 0 Å². The number of hydrogen-bond acceptors (Lipinski definition) is 2. The number of nitrogens with zero attached hydrogens (tertiary/aromatic N) is 2. The molecular weight excluding hydrogens is 224 g/mol. The minimum atomic E-state index is -0.0582. The van der Waals surface area contributed by atoms with Crippen molar-refractivity contribution in [1.29, 1.82) is 0 Å². The third-order valence-corrected chi connectivity index (χ3v) is 3.58. The number of hydrogen-bond donors (Lipinski definition) is 0. The molecule has 0 radical (unpaired) electrons. The molecule has 3 heteroatoms. The Morgan fingerprint density at radius 3 is 2.72 bits per heavy atom. The van der Waals surface area contributed by atoms with E-state index in [-0.39, 0.29) is 5.91 Å². The van der Waals surface area contributed by atoms with Gasteiger partial charge in [0.15, 0.2) is 0 Å². The number of anilines is 1. The minimum absolute atomic E-state index is 0.0582. The number of para-hydroxylation sites is 1. The second-order valence-electron chi connectivity index (χ2n) is 4.77. The van der Waals surface area contributed by atoms with Gasteiger partial charge in [-0.05, 0) is 12.0 Å². The predicted molar refractivity (Wildman–Crippen MR) is 75.3 cm³/mol. The number of aliphatic imine (C=N–C) groups is 1. The van der Waals surface area contributed by atoms with Crippen molar-refractivity contribution in [3.8, 4) is 0 Å². The molecule has 1 amide bonds. The van der Waals surface area contributed by atoms with Crippen LogP contribution in [0.1, 0.15) is 32.3 Å². The second-order valence-corrected chi connectivity index (χ2v) is 4.77. The molecule has 0 fully saturated rings. The van der Waals surface area contributed by atoms with Crippen molar-refractivity contribution in [1.82, 2.24) is 0 Å². The molecule has 0 saturated carbocycles. The maximum absolute atomic E-state index is 11.7. The zero-order valence-electron chi connectivity index (χ0n) is 11.1. The molecule has 1 aliphatic heterocycles. The van der Waals surface area contributed by atoms with Crippen LogP contribution >= 0.6 is 0 Å². The third-order valence-electron chi connectivity index (χ3n) is 3.58. The maximum Gasteiger partial charge on any atom is 0.265 e. The Kier molecular flexibility index (Phi) is 4.13. The quantitative estimate of drug-likeness (QED) is 0.815. The van der Waals surface area contributed by atoms with Crippen LogP contribution < -0.4 is 4.90 Å². The highest BCUT2D eigenvalue weighted by Crippen LogP contribution is 2.23. The van der Waals surface area contributed by atoms with Gasteiger partial charge < -0.3 is 4.90 Å². The summed E-state index contributed by atoms with van der Waals surface area (Å²) in [5.41, 5.74) is 2.16. The number of amides is 1. The fourth-order valence-corrected chi connectivity index (χ4v) is 2.34. The van der Waals surface area contributed by atoms with Crippen LogP contribution in [0.5, 0.6) is 0 Å². The van der Waals surface area contributed by atoms with Crippen molar-refractivity contribution in [2.75, 3.05) is 18.0 Å². The second kappa shape index (κ2) is 5.80. The van der Waals surface area contributed by atoms with E-state index in [1.807, 2.05) is 18.2 Å². The largest absolute Gasteiger partial charge is 0.361 e. The summed E-state index contributed by atoms with van der Waals surface area (Å²) < 4.78 is 0. The molecule has 96 valence electrons. The maximum atomic E-state index is 11.7.